The zero-order valence-electron chi connectivity index (χ0n) is 19.5. The fourth-order valence-corrected chi connectivity index (χ4v) is 5.27. The van der Waals surface area contributed by atoms with Gasteiger partial charge in [-0.3, -0.25) is 0 Å². The number of benzene rings is 4. The quantitative estimate of drug-likeness (QED) is 0.232. The molecule has 1 aliphatic carbocycles. The monoisotopic (exact) mass is 556 g/mol. The van der Waals surface area contributed by atoms with Crippen LogP contribution in [0.15, 0.2) is 127 Å². The largest absolute Gasteiger partial charge is 4.00 e. The maximum absolute atomic E-state index is 3.80. The minimum atomic E-state index is 0. The maximum atomic E-state index is 3.80. The molecule has 0 spiro atoms. The number of halogens is 2. The number of hydrogen-bond acceptors (Lipinski definition) is 0. The summed E-state index contributed by atoms with van der Waals surface area (Å²) in [5, 5.41) is 3.77. The SMILES string of the molecule is C=C1[C-]=c2ccccc2=C1.[Cl-].[Cl-].[Ti+4].[c-]1[pH]c(-c2ccccc2)c(-c2ccccc2)c1-c1ccccc1. The standard InChI is InChI=1S/C22H16P.C10H7.2ClH.Ti/c1-4-10-17(11-5-1)20-16-23-22(19-14-8-3-9-15-19)21(20)18-12-6-2-7-13-18;1-8-6-9-4-2-3-5-10(9)7-8;;;/h1-15,23H;2-6H,1H2;2*1H;/q2*-1;;;+4/p-2. The molecule has 0 saturated heterocycles. The second kappa shape index (κ2) is 14.2. The summed E-state index contributed by atoms with van der Waals surface area (Å²) in [6.07, 6.45) is 5.18. The Labute approximate surface area is 242 Å². The van der Waals surface area contributed by atoms with Gasteiger partial charge < -0.3 is 24.8 Å². The third kappa shape index (κ3) is 6.80. The van der Waals surface area contributed by atoms with Crippen molar-refractivity contribution < 1.29 is 46.5 Å². The summed E-state index contributed by atoms with van der Waals surface area (Å²) >= 11 is 0. The van der Waals surface area contributed by atoms with Gasteiger partial charge in [-0.05, 0) is 0 Å². The van der Waals surface area contributed by atoms with Crippen molar-refractivity contribution in [2.45, 2.75) is 0 Å². The minimum absolute atomic E-state index is 0. The minimum Gasteiger partial charge on any atom is -1.00 e. The maximum Gasteiger partial charge on any atom is 4.00 e. The van der Waals surface area contributed by atoms with Crippen LogP contribution < -0.4 is 35.3 Å². The average molecular weight is 557 g/mol. The fraction of sp³-hybridized carbons (Fsp3) is 0. The Balaban J connectivity index is 0.000000299. The summed E-state index contributed by atoms with van der Waals surface area (Å²) in [5.74, 6) is 3.64. The van der Waals surface area contributed by atoms with Gasteiger partial charge in [-0.15, -0.1) is 56.4 Å². The molecule has 0 fully saturated rings. The Hall–Kier alpha value is -2.57. The third-order valence-corrected chi connectivity index (χ3v) is 6.75. The van der Waals surface area contributed by atoms with Crippen molar-refractivity contribution in [1.29, 1.82) is 0 Å². The first-order valence-corrected chi connectivity index (χ1v) is 12.0. The first-order chi connectivity index (χ1) is 16.3. The molecule has 5 aromatic rings. The van der Waals surface area contributed by atoms with Crippen LogP contribution in [0.25, 0.3) is 45.3 Å². The van der Waals surface area contributed by atoms with Gasteiger partial charge >= 0.3 is 21.7 Å². The summed E-state index contributed by atoms with van der Waals surface area (Å²) in [6, 6.07) is 40.1. The zero-order chi connectivity index (χ0) is 22.5. The van der Waals surface area contributed by atoms with E-state index in [-0.39, 0.29) is 46.5 Å². The molecule has 0 amide bonds. The first kappa shape index (κ1) is 29.7. The van der Waals surface area contributed by atoms with E-state index in [1.54, 1.807) is 0 Å². The smallest absolute Gasteiger partial charge is 1.00 e. The Morgan fingerprint density at radius 2 is 1.08 bits per heavy atom. The van der Waals surface area contributed by atoms with Gasteiger partial charge in [0.05, 0.1) is 0 Å². The predicted octanol–water partition coefficient (Wildman–Crippen LogP) is 1.22. The Morgan fingerprint density at radius 3 is 1.67 bits per heavy atom. The van der Waals surface area contributed by atoms with Crippen molar-refractivity contribution in [1.82, 2.24) is 0 Å². The number of allylic oxidation sites excluding steroid dienone is 1. The molecular formula is C32H23Cl2PTi. The molecule has 1 aliphatic rings. The molecule has 4 heteroatoms. The van der Waals surface area contributed by atoms with E-state index in [1.165, 1.54) is 38.3 Å². The van der Waals surface area contributed by atoms with Crippen LogP contribution in [0.5, 0.6) is 0 Å². The molecule has 1 aromatic heterocycles. The van der Waals surface area contributed by atoms with Gasteiger partial charge in [0.15, 0.2) is 0 Å². The van der Waals surface area contributed by atoms with Crippen molar-refractivity contribution in [3.63, 3.8) is 0 Å². The van der Waals surface area contributed by atoms with E-state index >= 15 is 0 Å². The van der Waals surface area contributed by atoms with Crippen LogP contribution in [0.1, 0.15) is 0 Å². The number of rotatable bonds is 3. The van der Waals surface area contributed by atoms with Crippen LogP contribution in [-0.2, 0) is 21.7 Å². The van der Waals surface area contributed by atoms with Crippen LogP contribution in [0.2, 0.25) is 0 Å². The number of fused-ring (bicyclic) bond motifs is 1. The molecule has 0 saturated carbocycles. The molecule has 4 aromatic carbocycles. The summed E-state index contributed by atoms with van der Waals surface area (Å²) in [6.45, 7) is 3.80. The van der Waals surface area contributed by atoms with Crippen LogP contribution in [-0.4, -0.2) is 0 Å². The molecule has 36 heavy (non-hydrogen) atoms. The second-order valence-corrected chi connectivity index (χ2v) is 8.85. The van der Waals surface area contributed by atoms with Crippen molar-refractivity contribution >= 4 is 20.3 Å². The van der Waals surface area contributed by atoms with E-state index in [2.05, 4.69) is 116 Å². The molecule has 174 valence electrons. The molecule has 0 radical (unpaired) electrons. The molecule has 1 heterocycles. The summed E-state index contributed by atoms with van der Waals surface area (Å²) in [4.78, 5) is 0. The van der Waals surface area contributed by atoms with E-state index in [1.807, 2.05) is 24.3 Å². The van der Waals surface area contributed by atoms with Gasteiger partial charge in [0, 0.05) is 0 Å². The van der Waals surface area contributed by atoms with Gasteiger partial charge in [-0.25, -0.2) is 8.19 Å². The van der Waals surface area contributed by atoms with Gasteiger partial charge in [0.2, 0.25) is 0 Å². The fourth-order valence-electron chi connectivity index (χ4n) is 4.04. The molecule has 0 aliphatic heterocycles. The van der Waals surface area contributed by atoms with Crippen molar-refractivity contribution in [3.05, 3.63) is 144 Å². The van der Waals surface area contributed by atoms with Crippen molar-refractivity contribution in [3.8, 4) is 33.1 Å². The topological polar surface area (TPSA) is 0 Å². The normalized spacial score (nSPS) is 10.8. The van der Waals surface area contributed by atoms with Gasteiger partial charge in [0.25, 0.3) is 0 Å². The molecule has 1 atom stereocenters. The van der Waals surface area contributed by atoms with Crippen molar-refractivity contribution in [2.75, 3.05) is 0 Å². The van der Waals surface area contributed by atoms with Crippen molar-refractivity contribution in [2.24, 2.45) is 0 Å². The second-order valence-electron chi connectivity index (χ2n) is 7.85. The van der Waals surface area contributed by atoms with Crippen LogP contribution in [0.4, 0.5) is 0 Å². The van der Waals surface area contributed by atoms with Gasteiger partial charge in [-0.2, -0.15) is 6.58 Å². The molecule has 0 bridgehead atoms. The summed E-state index contributed by atoms with van der Waals surface area (Å²) in [5.41, 5.74) is 7.33. The molecular weight excluding hydrogens is 534 g/mol. The Morgan fingerprint density at radius 1 is 0.583 bits per heavy atom. The third-order valence-electron chi connectivity index (χ3n) is 5.59. The number of hydrogen-bond donors (Lipinski definition) is 0. The Bertz CT molecular complexity index is 1420. The van der Waals surface area contributed by atoms with Crippen LogP contribution >= 0.6 is 8.19 Å². The van der Waals surface area contributed by atoms with Crippen LogP contribution in [0.3, 0.4) is 0 Å². The average Bonchev–Trinajstić information content (AvgIpc) is 3.49. The van der Waals surface area contributed by atoms with E-state index < -0.39 is 0 Å². The van der Waals surface area contributed by atoms with E-state index in [4.69, 9.17) is 0 Å². The predicted molar refractivity (Wildman–Crippen MR) is 144 cm³/mol. The van der Waals surface area contributed by atoms with E-state index in [0.29, 0.717) is 8.19 Å². The van der Waals surface area contributed by atoms with E-state index in [9.17, 15) is 0 Å². The molecule has 1 unspecified atom stereocenters. The van der Waals surface area contributed by atoms with Gasteiger partial charge in [0.1, 0.15) is 0 Å². The zero-order valence-corrected chi connectivity index (χ0v) is 23.6. The first-order valence-electron chi connectivity index (χ1n) is 11.0. The molecule has 0 nitrogen and oxygen atoms in total. The Kier molecular flexibility index (Phi) is 11.7. The van der Waals surface area contributed by atoms with Gasteiger partial charge in [-0.1, -0.05) is 126 Å². The summed E-state index contributed by atoms with van der Waals surface area (Å²) < 4.78 is 0. The van der Waals surface area contributed by atoms with Crippen LogP contribution in [0, 0.1) is 5.80 Å². The summed E-state index contributed by atoms with van der Waals surface area (Å²) in [7, 11) is 0.581. The van der Waals surface area contributed by atoms with E-state index in [0.717, 1.165) is 10.8 Å². The molecule has 6 rings (SSSR count). The molecule has 0 N–H and O–H groups in total.